The highest BCUT2D eigenvalue weighted by molar-refractivity contribution is 6.08. The highest BCUT2D eigenvalue weighted by atomic mass is 16.5. The fourth-order valence-electron chi connectivity index (χ4n) is 3.55. The second-order valence-electron chi connectivity index (χ2n) is 5.29. The lowest BCUT2D eigenvalue weighted by Gasteiger charge is -2.45. The molecule has 0 unspecified atom stereocenters. The van der Waals surface area contributed by atoms with Crippen LogP contribution < -0.4 is 15.0 Å². The molecule has 4 heteroatoms. The minimum atomic E-state index is -0.339. The fraction of sp³-hybridized carbons (Fsp3) is 0.533. The molecule has 1 heterocycles. The van der Waals surface area contributed by atoms with E-state index in [0.29, 0.717) is 0 Å². The zero-order valence-electron chi connectivity index (χ0n) is 11.5. The number of anilines is 2. The predicted octanol–water partition coefficient (Wildman–Crippen LogP) is 2.79. The van der Waals surface area contributed by atoms with Gasteiger partial charge in [0.05, 0.1) is 12.8 Å². The summed E-state index contributed by atoms with van der Waals surface area (Å²) in [6, 6.07) is 5.95. The SMILES string of the molecule is CCN1c2cccc(OC)c2NC(=O)C12CCCC2. The Kier molecular flexibility index (Phi) is 2.88. The van der Waals surface area contributed by atoms with Gasteiger partial charge in [0, 0.05) is 6.54 Å². The van der Waals surface area contributed by atoms with Crippen LogP contribution in [0.1, 0.15) is 32.6 Å². The van der Waals surface area contributed by atoms with E-state index in [2.05, 4.69) is 23.2 Å². The number of para-hydroxylation sites is 1. The molecule has 1 fully saturated rings. The number of likely N-dealkylation sites (N-methyl/N-ethyl adjacent to an activating group) is 1. The Balaban J connectivity index is 2.14. The summed E-state index contributed by atoms with van der Waals surface area (Å²) in [7, 11) is 1.64. The third-order valence-electron chi connectivity index (χ3n) is 4.44. The molecule has 1 aliphatic carbocycles. The van der Waals surface area contributed by atoms with Gasteiger partial charge in [0.25, 0.3) is 0 Å². The van der Waals surface area contributed by atoms with Crippen LogP contribution in [-0.2, 0) is 4.79 Å². The average Bonchev–Trinajstić information content (AvgIpc) is 2.90. The first kappa shape index (κ1) is 12.3. The summed E-state index contributed by atoms with van der Waals surface area (Å²) in [6.45, 7) is 2.95. The molecule has 1 aromatic rings. The Labute approximate surface area is 113 Å². The van der Waals surface area contributed by atoms with Gasteiger partial charge in [-0.15, -0.1) is 0 Å². The molecule has 1 spiro atoms. The van der Waals surface area contributed by atoms with Crippen molar-refractivity contribution in [3.05, 3.63) is 18.2 Å². The molecule has 1 saturated carbocycles. The molecule has 1 aromatic carbocycles. The molecule has 0 saturated heterocycles. The van der Waals surface area contributed by atoms with Crippen LogP contribution in [0.5, 0.6) is 5.75 Å². The monoisotopic (exact) mass is 260 g/mol. The maximum Gasteiger partial charge on any atom is 0.250 e. The molecule has 0 bridgehead atoms. The van der Waals surface area contributed by atoms with Gasteiger partial charge in [-0.05, 0) is 31.9 Å². The molecule has 1 amide bonds. The first-order valence-corrected chi connectivity index (χ1v) is 6.99. The van der Waals surface area contributed by atoms with Crippen molar-refractivity contribution in [3.8, 4) is 5.75 Å². The van der Waals surface area contributed by atoms with Gasteiger partial charge in [0.2, 0.25) is 5.91 Å². The van der Waals surface area contributed by atoms with Gasteiger partial charge in [-0.2, -0.15) is 0 Å². The van der Waals surface area contributed by atoms with E-state index in [-0.39, 0.29) is 11.4 Å². The lowest BCUT2D eigenvalue weighted by atomic mass is 9.90. The first-order valence-electron chi connectivity index (χ1n) is 6.99. The van der Waals surface area contributed by atoms with Gasteiger partial charge in [-0.25, -0.2) is 0 Å². The number of benzene rings is 1. The van der Waals surface area contributed by atoms with Crippen molar-refractivity contribution in [2.45, 2.75) is 38.1 Å². The molecule has 2 aliphatic rings. The third kappa shape index (κ3) is 1.62. The summed E-state index contributed by atoms with van der Waals surface area (Å²) in [4.78, 5) is 14.9. The number of rotatable bonds is 2. The highest BCUT2D eigenvalue weighted by Crippen LogP contribution is 2.47. The second-order valence-corrected chi connectivity index (χ2v) is 5.29. The summed E-state index contributed by atoms with van der Waals surface area (Å²) in [5, 5.41) is 3.07. The standard InChI is InChI=1S/C15H20N2O2/c1-3-17-11-7-6-8-12(19-2)13(11)16-14(18)15(17)9-4-5-10-15/h6-8H,3-5,9-10H2,1-2H3,(H,16,18). The van der Waals surface area contributed by atoms with Crippen LogP contribution in [0.15, 0.2) is 18.2 Å². The second kappa shape index (κ2) is 4.44. The van der Waals surface area contributed by atoms with E-state index in [1.165, 1.54) is 0 Å². The normalized spacial score (nSPS) is 20.3. The van der Waals surface area contributed by atoms with Gasteiger partial charge in [-0.3, -0.25) is 4.79 Å². The molecule has 1 aliphatic heterocycles. The molecule has 0 atom stereocenters. The lowest BCUT2D eigenvalue weighted by molar-refractivity contribution is -0.121. The number of ether oxygens (including phenoxy) is 1. The Morgan fingerprint density at radius 1 is 1.37 bits per heavy atom. The van der Waals surface area contributed by atoms with E-state index in [4.69, 9.17) is 4.74 Å². The molecule has 102 valence electrons. The Hall–Kier alpha value is -1.71. The molecular weight excluding hydrogens is 240 g/mol. The van der Waals surface area contributed by atoms with E-state index in [1.807, 2.05) is 12.1 Å². The minimum Gasteiger partial charge on any atom is -0.494 e. The Morgan fingerprint density at radius 2 is 2.11 bits per heavy atom. The van der Waals surface area contributed by atoms with Crippen molar-refractivity contribution >= 4 is 17.3 Å². The number of carbonyl (C=O) groups is 1. The van der Waals surface area contributed by atoms with E-state index in [0.717, 1.165) is 49.4 Å². The van der Waals surface area contributed by atoms with Crippen molar-refractivity contribution in [2.75, 3.05) is 23.9 Å². The largest absolute Gasteiger partial charge is 0.494 e. The maximum atomic E-state index is 12.6. The zero-order chi connectivity index (χ0) is 13.5. The van der Waals surface area contributed by atoms with Crippen LogP contribution in [0.3, 0.4) is 0 Å². The smallest absolute Gasteiger partial charge is 0.250 e. The number of nitrogens with zero attached hydrogens (tertiary/aromatic N) is 1. The van der Waals surface area contributed by atoms with E-state index in [1.54, 1.807) is 7.11 Å². The van der Waals surface area contributed by atoms with Gasteiger partial charge < -0.3 is 15.0 Å². The van der Waals surface area contributed by atoms with Crippen molar-refractivity contribution in [1.29, 1.82) is 0 Å². The molecule has 1 N–H and O–H groups in total. The zero-order valence-corrected chi connectivity index (χ0v) is 11.5. The van der Waals surface area contributed by atoms with Gasteiger partial charge in [0.15, 0.2) is 0 Å². The van der Waals surface area contributed by atoms with Crippen LogP contribution in [0.4, 0.5) is 11.4 Å². The summed E-state index contributed by atoms with van der Waals surface area (Å²) in [6.07, 6.45) is 4.15. The number of amides is 1. The topological polar surface area (TPSA) is 41.6 Å². The Morgan fingerprint density at radius 3 is 2.74 bits per heavy atom. The van der Waals surface area contributed by atoms with Crippen molar-refractivity contribution < 1.29 is 9.53 Å². The summed E-state index contributed by atoms with van der Waals surface area (Å²) in [5.41, 5.74) is 1.56. The quantitative estimate of drug-likeness (QED) is 0.889. The summed E-state index contributed by atoms with van der Waals surface area (Å²) >= 11 is 0. The maximum absolute atomic E-state index is 12.6. The predicted molar refractivity (Wildman–Crippen MR) is 75.8 cm³/mol. The molecule has 0 radical (unpaired) electrons. The van der Waals surface area contributed by atoms with E-state index in [9.17, 15) is 4.79 Å². The number of methoxy groups -OCH3 is 1. The molecule has 3 rings (SSSR count). The van der Waals surface area contributed by atoms with Crippen molar-refractivity contribution in [2.24, 2.45) is 0 Å². The molecule has 4 nitrogen and oxygen atoms in total. The van der Waals surface area contributed by atoms with Gasteiger partial charge in [0.1, 0.15) is 17.0 Å². The van der Waals surface area contributed by atoms with Crippen molar-refractivity contribution in [1.82, 2.24) is 0 Å². The number of hydrogen-bond donors (Lipinski definition) is 1. The van der Waals surface area contributed by atoms with Crippen LogP contribution >= 0.6 is 0 Å². The molecular formula is C15H20N2O2. The molecule has 19 heavy (non-hydrogen) atoms. The van der Waals surface area contributed by atoms with E-state index >= 15 is 0 Å². The van der Waals surface area contributed by atoms with Crippen LogP contribution in [0.25, 0.3) is 0 Å². The van der Waals surface area contributed by atoms with Crippen LogP contribution in [0.2, 0.25) is 0 Å². The van der Waals surface area contributed by atoms with Gasteiger partial charge in [-0.1, -0.05) is 18.9 Å². The van der Waals surface area contributed by atoms with E-state index < -0.39 is 0 Å². The number of carbonyl (C=O) groups excluding carboxylic acids is 1. The minimum absolute atomic E-state index is 0.129. The van der Waals surface area contributed by atoms with Crippen LogP contribution in [0, 0.1) is 0 Å². The number of nitrogens with one attached hydrogen (secondary N) is 1. The summed E-state index contributed by atoms with van der Waals surface area (Å²) in [5.74, 6) is 0.862. The van der Waals surface area contributed by atoms with Crippen LogP contribution in [-0.4, -0.2) is 25.1 Å². The fourth-order valence-corrected chi connectivity index (χ4v) is 3.55. The first-order chi connectivity index (χ1) is 9.23. The molecule has 0 aromatic heterocycles. The summed E-state index contributed by atoms with van der Waals surface area (Å²) < 4.78 is 5.36. The van der Waals surface area contributed by atoms with Gasteiger partial charge >= 0.3 is 0 Å². The Bertz CT molecular complexity index is 507. The number of hydrogen-bond acceptors (Lipinski definition) is 3. The third-order valence-corrected chi connectivity index (χ3v) is 4.44. The number of fused-ring (bicyclic) bond motifs is 1. The lowest BCUT2D eigenvalue weighted by Crippen LogP contribution is -2.58. The average molecular weight is 260 g/mol. The van der Waals surface area contributed by atoms with Crippen molar-refractivity contribution in [3.63, 3.8) is 0 Å². The highest BCUT2D eigenvalue weighted by Gasteiger charge is 2.49.